The number of aromatic nitrogens is 2. The Morgan fingerprint density at radius 3 is 2.03 bits per heavy atom. The second-order valence-electron chi connectivity index (χ2n) is 8.14. The highest BCUT2D eigenvalue weighted by molar-refractivity contribution is 6.02. The first-order valence-corrected chi connectivity index (χ1v) is 11.2. The van der Waals surface area contributed by atoms with Gasteiger partial charge in [0.05, 0.1) is 29.1 Å². The van der Waals surface area contributed by atoms with E-state index >= 15 is 0 Å². The molecule has 0 saturated carbocycles. The quantitative estimate of drug-likeness (QED) is 0.205. The Balaban J connectivity index is 1.26. The van der Waals surface area contributed by atoms with Crippen LogP contribution in [0, 0.1) is 0 Å². The number of Topliss-reactive ketones (excluding diaryl/α,β-unsaturated/α-hetero) is 1. The standard InChI is InChI=1S/C29H18N2O5/c32-24(20-10-9-18-5-1-2-6-19(18)15-20)17-36-29(33)21-11-12-22-23(16-21)31-28(26-8-4-14-35-26)27(30-22)25-7-3-13-34-25/h1-16H,17H2. The van der Waals surface area contributed by atoms with Crippen molar-refractivity contribution in [1.29, 1.82) is 0 Å². The van der Waals surface area contributed by atoms with Crippen molar-refractivity contribution >= 4 is 33.6 Å². The number of carbonyl (C=O) groups excluding carboxylic acids is 2. The number of rotatable bonds is 6. The van der Waals surface area contributed by atoms with Gasteiger partial charge in [-0.25, -0.2) is 14.8 Å². The third-order valence-electron chi connectivity index (χ3n) is 5.81. The van der Waals surface area contributed by atoms with E-state index in [2.05, 4.69) is 0 Å². The minimum Gasteiger partial charge on any atom is -0.463 e. The number of hydrogen-bond acceptors (Lipinski definition) is 7. The number of hydrogen-bond donors (Lipinski definition) is 0. The van der Waals surface area contributed by atoms with E-state index in [0.29, 0.717) is 39.5 Å². The molecule has 0 atom stereocenters. The zero-order valence-electron chi connectivity index (χ0n) is 18.9. The predicted octanol–water partition coefficient (Wildman–Crippen LogP) is 6.34. The molecule has 0 unspecified atom stereocenters. The maximum Gasteiger partial charge on any atom is 0.338 e. The van der Waals surface area contributed by atoms with Gasteiger partial charge in [-0.15, -0.1) is 0 Å². The zero-order valence-corrected chi connectivity index (χ0v) is 18.9. The van der Waals surface area contributed by atoms with Crippen molar-refractivity contribution in [3.63, 3.8) is 0 Å². The summed E-state index contributed by atoms with van der Waals surface area (Å²) in [5.41, 5.74) is 2.81. The summed E-state index contributed by atoms with van der Waals surface area (Å²) in [6.07, 6.45) is 3.11. The van der Waals surface area contributed by atoms with Gasteiger partial charge < -0.3 is 13.6 Å². The van der Waals surface area contributed by atoms with Crippen molar-refractivity contribution in [2.75, 3.05) is 6.61 Å². The van der Waals surface area contributed by atoms with E-state index in [9.17, 15) is 9.59 Å². The van der Waals surface area contributed by atoms with Crippen LogP contribution in [-0.2, 0) is 4.74 Å². The molecule has 0 aliphatic carbocycles. The molecule has 0 N–H and O–H groups in total. The summed E-state index contributed by atoms with van der Waals surface area (Å²) in [5, 5.41) is 1.98. The molecular formula is C29H18N2O5. The minimum atomic E-state index is -0.623. The van der Waals surface area contributed by atoms with Gasteiger partial charge in [0.2, 0.25) is 0 Å². The predicted molar refractivity (Wildman–Crippen MR) is 134 cm³/mol. The first kappa shape index (κ1) is 21.5. The molecule has 0 bridgehead atoms. The molecule has 3 aromatic heterocycles. The van der Waals surface area contributed by atoms with Crippen LogP contribution in [0.4, 0.5) is 0 Å². The van der Waals surface area contributed by atoms with Crippen LogP contribution in [-0.4, -0.2) is 28.3 Å². The molecule has 0 saturated heterocycles. The number of esters is 1. The van der Waals surface area contributed by atoms with Crippen molar-refractivity contribution in [2.45, 2.75) is 0 Å². The zero-order chi connectivity index (χ0) is 24.5. The average Bonchev–Trinajstić information content (AvgIpc) is 3.65. The van der Waals surface area contributed by atoms with Crippen molar-refractivity contribution in [3.8, 4) is 22.9 Å². The van der Waals surface area contributed by atoms with Crippen LogP contribution in [0.1, 0.15) is 20.7 Å². The van der Waals surface area contributed by atoms with Crippen LogP contribution < -0.4 is 0 Å². The Kier molecular flexibility index (Phi) is 5.35. The second-order valence-corrected chi connectivity index (χ2v) is 8.14. The summed E-state index contributed by atoms with van der Waals surface area (Å²) in [5.74, 6) is 0.164. The number of ether oxygens (including phenoxy) is 1. The van der Waals surface area contributed by atoms with Gasteiger partial charge in [-0.1, -0.05) is 36.4 Å². The highest BCUT2D eigenvalue weighted by Gasteiger charge is 2.19. The SMILES string of the molecule is O=C(COC(=O)c1ccc2nc(-c3ccco3)c(-c3ccco3)nc2c1)c1ccc2ccccc2c1. The third-order valence-corrected chi connectivity index (χ3v) is 5.81. The lowest BCUT2D eigenvalue weighted by molar-refractivity contribution is 0.0475. The van der Waals surface area contributed by atoms with Crippen LogP contribution in [0.3, 0.4) is 0 Å². The number of benzene rings is 3. The highest BCUT2D eigenvalue weighted by atomic mass is 16.5. The van der Waals surface area contributed by atoms with Crippen molar-refractivity contribution in [1.82, 2.24) is 9.97 Å². The molecule has 7 heteroatoms. The van der Waals surface area contributed by atoms with E-state index in [1.54, 1.807) is 67.1 Å². The Labute approximate surface area is 205 Å². The lowest BCUT2D eigenvalue weighted by Crippen LogP contribution is -2.14. The molecule has 36 heavy (non-hydrogen) atoms. The van der Waals surface area contributed by atoms with Crippen molar-refractivity contribution in [2.24, 2.45) is 0 Å². The van der Waals surface area contributed by atoms with E-state index in [1.165, 1.54) is 0 Å². The van der Waals surface area contributed by atoms with E-state index in [4.69, 9.17) is 23.5 Å². The van der Waals surface area contributed by atoms with Crippen LogP contribution in [0.5, 0.6) is 0 Å². The monoisotopic (exact) mass is 474 g/mol. The van der Waals surface area contributed by atoms with Crippen LogP contribution in [0.25, 0.3) is 44.7 Å². The molecule has 174 valence electrons. The molecule has 3 aromatic carbocycles. The number of carbonyl (C=O) groups is 2. The van der Waals surface area contributed by atoms with E-state index < -0.39 is 5.97 Å². The lowest BCUT2D eigenvalue weighted by atomic mass is 10.0. The molecule has 0 amide bonds. The van der Waals surface area contributed by atoms with Gasteiger partial charge in [0, 0.05) is 5.56 Å². The summed E-state index contributed by atoms with van der Waals surface area (Å²) in [6, 6.07) is 25.1. The number of ketones is 1. The number of fused-ring (bicyclic) bond motifs is 2. The maximum atomic E-state index is 12.7. The lowest BCUT2D eigenvalue weighted by Gasteiger charge is -2.08. The van der Waals surface area contributed by atoms with Crippen LogP contribution in [0.2, 0.25) is 0 Å². The molecule has 0 aliphatic rings. The van der Waals surface area contributed by atoms with Crippen LogP contribution >= 0.6 is 0 Å². The molecule has 7 nitrogen and oxygen atoms in total. The molecule has 0 fully saturated rings. The first-order valence-electron chi connectivity index (χ1n) is 11.2. The largest absolute Gasteiger partial charge is 0.463 e. The molecule has 3 heterocycles. The van der Waals surface area contributed by atoms with Gasteiger partial charge >= 0.3 is 5.97 Å². The van der Waals surface area contributed by atoms with E-state index in [0.717, 1.165) is 10.8 Å². The molecule has 0 spiro atoms. The first-order chi connectivity index (χ1) is 17.7. The normalized spacial score (nSPS) is 11.1. The highest BCUT2D eigenvalue weighted by Crippen LogP contribution is 2.31. The van der Waals surface area contributed by atoms with Gasteiger partial charge in [-0.3, -0.25) is 4.79 Å². The molecule has 0 radical (unpaired) electrons. The average molecular weight is 474 g/mol. The van der Waals surface area contributed by atoms with E-state index in [-0.39, 0.29) is 18.0 Å². The summed E-state index contributed by atoms with van der Waals surface area (Å²) in [7, 11) is 0. The summed E-state index contributed by atoms with van der Waals surface area (Å²) in [4.78, 5) is 34.8. The summed E-state index contributed by atoms with van der Waals surface area (Å²) >= 11 is 0. The molecule has 6 aromatic rings. The minimum absolute atomic E-state index is 0.263. The molecule has 0 aliphatic heterocycles. The smallest absolute Gasteiger partial charge is 0.338 e. The van der Waals surface area contributed by atoms with E-state index in [1.807, 2.05) is 30.3 Å². The molecular weight excluding hydrogens is 456 g/mol. The van der Waals surface area contributed by atoms with Crippen molar-refractivity contribution < 1.29 is 23.2 Å². The topological polar surface area (TPSA) is 95.4 Å². The fourth-order valence-electron chi connectivity index (χ4n) is 4.01. The fourth-order valence-corrected chi connectivity index (χ4v) is 4.01. The fraction of sp³-hybridized carbons (Fsp3) is 0.0345. The van der Waals surface area contributed by atoms with Gasteiger partial charge in [0.1, 0.15) is 11.4 Å². The number of furan rings is 2. The van der Waals surface area contributed by atoms with Gasteiger partial charge in [-0.05, 0) is 59.3 Å². The Morgan fingerprint density at radius 1 is 0.667 bits per heavy atom. The maximum absolute atomic E-state index is 12.7. The van der Waals surface area contributed by atoms with Crippen LogP contribution in [0.15, 0.2) is 106 Å². The third kappa shape index (κ3) is 4.03. The summed E-state index contributed by atoms with van der Waals surface area (Å²) in [6.45, 7) is -0.365. The Morgan fingerprint density at radius 2 is 1.33 bits per heavy atom. The Bertz CT molecular complexity index is 1720. The summed E-state index contributed by atoms with van der Waals surface area (Å²) < 4.78 is 16.4. The Hall–Kier alpha value is -5.04. The van der Waals surface area contributed by atoms with Gasteiger partial charge in [0.25, 0.3) is 0 Å². The number of nitrogens with zero attached hydrogens (tertiary/aromatic N) is 2. The van der Waals surface area contributed by atoms with Crippen molar-refractivity contribution in [3.05, 3.63) is 109 Å². The van der Waals surface area contributed by atoms with Gasteiger partial charge in [-0.2, -0.15) is 0 Å². The van der Waals surface area contributed by atoms with Gasteiger partial charge in [0.15, 0.2) is 23.9 Å². The molecule has 6 rings (SSSR count). The second kappa shape index (κ2) is 8.96.